The number of primary sulfonamides is 1. The van der Waals surface area contributed by atoms with E-state index in [4.69, 9.17) is 10.9 Å². The van der Waals surface area contributed by atoms with Crippen LogP contribution >= 0.6 is 0 Å². The molecule has 0 aliphatic carbocycles. The Hall–Kier alpha value is -0.850. The van der Waals surface area contributed by atoms with E-state index >= 15 is 0 Å². The first kappa shape index (κ1) is 8.25. The summed E-state index contributed by atoms with van der Waals surface area (Å²) in [5.74, 6) is 0. The summed E-state index contributed by atoms with van der Waals surface area (Å²) in [6.45, 7) is 0.273. The highest BCUT2D eigenvalue weighted by Crippen LogP contribution is 2.07. The number of hydrogen-bond donors (Lipinski definition) is 3. The number of aromatic nitrogens is 1. The van der Waals surface area contributed by atoms with Crippen LogP contribution in [0.5, 0.6) is 0 Å². The summed E-state index contributed by atoms with van der Waals surface area (Å²) < 4.78 is 21.4. The number of nitrogens with two attached hydrogens (primary N) is 2. The third-order valence-corrected chi connectivity index (χ3v) is 2.16. The Labute approximate surface area is 64.4 Å². The topological polar surface area (TPSA) is 102 Å². The molecule has 0 radical (unpaired) electrons. The van der Waals surface area contributed by atoms with Crippen LogP contribution in [-0.2, 0) is 16.6 Å². The predicted molar refractivity (Wildman–Crippen MR) is 40.1 cm³/mol. The van der Waals surface area contributed by atoms with Gasteiger partial charge in [0.25, 0.3) is 0 Å². The van der Waals surface area contributed by atoms with Gasteiger partial charge in [-0.2, -0.15) is 0 Å². The molecule has 11 heavy (non-hydrogen) atoms. The summed E-state index contributed by atoms with van der Waals surface area (Å²) >= 11 is 0. The van der Waals surface area contributed by atoms with E-state index in [9.17, 15) is 8.42 Å². The molecule has 0 unspecified atom stereocenters. The van der Waals surface area contributed by atoms with E-state index in [1.54, 1.807) is 0 Å². The molecule has 0 bridgehead atoms. The average molecular weight is 175 g/mol. The van der Waals surface area contributed by atoms with E-state index in [2.05, 4.69) is 4.98 Å². The van der Waals surface area contributed by atoms with Crippen LogP contribution in [0.4, 0.5) is 0 Å². The molecule has 0 aromatic carbocycles. The molecule has 5 nitrogen and oxygen atoms in total. The van der Waals surface area contributed by atoms with Crippen molar-refractivity contribution < 1.29 is 8.42 Å². The normalized spacial score (nSPS) is 11.8. The fraction of sp³-hybridized carbons (Fsp3) is 0.200. The Bertz CT molecular complexity index is 340. The average Bonchev–Trinajstić information content (AvgIpc) is 2.32. The summed E-state index contributed by atoms with van der Waals surface area (Å²) in [7, 11) is -3.58. The molecule has 1 heterocycles. The zero-order valence-electron chi connectivity index (χ0n) is 5.74. The van der Waals surface area contributed by atoms with E-state index < -0.39 is 10.0 Å². The summed E-state index contributed by atoms with van der Waals surface area (Å²) in [6.07, 6.45) is 1.32. The van der Waals surface area contributed by atoms with Gasteiger partial charge in [0.05, 0.1) is 4.90 Å². The number of H-pyrrole nitrogens is 1. The zero-order valence-corrected chi connectivity index (χ0v) is 6.56. The number of aromatic amines is 1. The molecule has 0 fully saturated rings. The van der Waals surface area contributed by atoms with Crippen molar-refractivity contribution >= 4 is 10.0 Å². The Morgan fingerprint density at radius 3 is 2.45 bits per heavy atom. The molecule has 0 saturated carbocycles. The van der Waals surface area contributed by atoms with Gasteiger partial charge in [0, 0.05) is 18.4 Å². The van der Waals surface area contributed by atoms with Crippen molar-refractivity contribution in [3.63, 3.8) is 0 Å². The number of sulfonamides is 1. The third-order valence-electron chi connectivity index (χ3n) is 1.26. The lowest BCUT2D eigenvalue weighted by Gasteiger charge is -1.88. The smallest absolute Gasteiger partial charge is 0.239 e. The van der Waals surface area contributed by atoms with Crippen LogP contribution in [0.3, 0.4) is 0 Å². The fourth-order valence-electron chi connectivity index (χ4n) is 0.701. The Morgan fingerprint density at radius 2 is 2.18 bits per heavy atom. The molecule has 5 N–H and O–H groups in total. The maximum atomic E-state index is 10.7. The van der Waals surface area contributed by atoms with Crippen LogP contribution in [0.15, 0.2) is 17.2 Å². The van der Waals surface area contributed by atoms with Crippen molar-refractivity contribution in [2.24, 2.45) is 10.9 Å². The largest absolute Gasteiger partial charge is 0.363 e. The lowest BCUT2D eigenvalue weighted by atomic mass is 10.4. The van der Waals surface area contributed by atoms with Crippen molar-refractivity contribution in [2.75, 3.05) is 0 Å². The molecule has 0 aliphatic rings. The van der Waals surface area contributed by atoms with Gasteiger partial charge in [0.1, 0.15) is 0 Å². The lowest BCUT2D eigenvalue weighted by Crippen LogP contribution is -2.10. The summed E-state index contributed by atoms with van der Waals surface area (Å²) in [4.78, 5) is 2.75. The van der Waals surface area contributed by atoms with Crippen molar-refractivity contribution in [1.29, 1.82) is 0 Å². The van der Waals surface area contributed by atoms with Crippen LogP contribution < -0.4 is 10.9 Å². The van der Waals surface area contributed by atoms with Gasteiger partial charge < -0.3 is 10.7 Å². The number of rotatable bonds is 2. The van der Waals surface area contributed by atoms with Crippen LogP contribution in [-0.4, -0.2) is 13.4 Å². The van der Waals surface area contributed by atoms with Gasteiger partial charge in [-0.25, -0.2) is 13.6 Å². The summed E-state index contributed by atoms with van der Waals surface area (Å²) in [5, 5.41) is 4.84. The van der Waals surface area contributed by atoms with Gasteiger partial charge in [0.2, 0.25) is 10.0 Å². The Morgan fingerprint density at radius 1 is 1.55 bits per heavy atom. The van der Waals surface area contributed by atoms with Gasteiger partial charge in [-0.05, 0) is 6.07 Å². The molecule has 6 heteroatoms. The van der Waals surface area contributed by atoms with Gasteiger partial charge in [0.15, 0.2) is 0 Å². The quantitative estimate of drug-likeness (QED) is 0.544. The highest BCUT2D eigenvalue weighted by Gasteiger charge is 2.08. The van der Waals surface area contributed by atoms with Crippen LogP contribution in [0, 0.1) is 0 Å². The molecule has 1 aromatic heterocycles. The maximum absolute atomic E-state index is 10.7. The first-order valence-corrected chi connectivity index (χ1v) is 4.49. The molecule has 62 valence electrons. The second-order valence-corrected chi connectivity index (χ2v) is 3.67. The maximum Gasteiger partial charge on any atom is 0.239 e. The Balaban J connectivity index is 3.09. The fourth-order valence-corrected chi connectivity index (χ4v) is 1.23. The van der Waals surface area contributed by atoms with Gasteiger partial charge >= 0.3 is 0 Å². The molecular formula is C5H9N3O2S. The first-order valence-electron chi connectivity index (χ1n) is 2.94. The van der Waals surface area contributed by atoms with E-state index in [0.29, 0.717) is 5.69 Å². The molecule has 0 saturated heterocycles. The SMILES string of the molecule is NCc1cc(S(N)(=O)=O)c[nH]1. The second kappa shape index (κ2) is 2.65. The molecule has 1 aromatic rings. The first-order chi connectivity index (χ1) is 5.04. The molecule has 0 atom stereocenters. The predicted octanol–water partition coefficient (Wildman–Crippen LogP) is -0.879. The number of hydrogen-bond acceptors (Lipinski definition) is 3. The summed E-state index contributed by atoms with van der Waals surface area (Å²) in [5.41, 5.74) is 5.89. The molecular weight excluding hydrogens is 166 g/mol. The van der Waals surface area contributed by atoms with Gasteiger partial charge in [-0.1, -0.05) is 0 Å². The highest BCUT2D eigenvalue weighted by atomic mass is 32.2. The third kappa shape index (κ3) is 1.79. The van der Waals surface area contributed by atoms with Crippen molar-refractivity contribution in [3.8, 4) is 0 Å². The van der Waals surface area contributed by atoms with Crippen molar-refractivity contribution in [2.45, 2.75) is 11.4 Å². The standard InChI is InChI=1S/C5H9N3O2S/c6-2-4-1-5(3-8-4)11(7,9)10/h1,3,8H,2,6H2,(H2,7,9,10). The monoisotopic (exact) mass is 175 g/mol. The number of nitrogens with one attached hydrogen (secondary N) is 1. The van der Waals surface area contributed by atoms with E-state index in [-0.39, 0.29) is 11.4 Å². The van der Waals surface area contributed by atoms with Crippen LogP contribution in [0.25, 0.3) is 0 Å². The molecule has 0 aliphatic heterocycles. The summed E-state index contributed by atoms with van der Waals surface area (Å²) in [6, 6.07) is 1.41. The van der Waals surface area contributed by atoms with Gasteiger partial charge in [-0.3, -0.25) is 0 Å². The van der Waals surface area contributed by atoms with E-state index in [1.807, 2.05) is 0 Å². The minimum atomic E-state index is -3.58. The molecule has 0 spiro atoms. The minimum Gasteiger partial charge on any atom is -0.363 e. The van der Waals surface area contributed by atoms with Crippen molar-refractivity contribution in [3.05, 3.63) is 18.0 Å². The van der Waals surface area contributed by atoms with Gasteiger partial charge in [-0.15, -0.1) is 0 Å². The molecule has 0 amide bonds. The Kier molecular flexibility index (Phi) is 1.99. The minimum absolute atomic E-state index is 0.0675. The van der Waals surface area contributed by atoms with Crippen LogP contribution in [0.1, 0.15) is 5.69 Å². The van der Waals surface area contributed by atoms with E-state index in [0.717, 1.165) is 0 Å². The zero-order chi connectivity index (χ0) is 8.48. The van der Waals surface area contributed by atoms with E-state index in [1.165, 1.54) is 12.3 Å². The van der Waals surface area contributed by atoms with Crippen molar-refractivity contribution in [1.82, 2.24) is 4.98 Å². The van der Waals surface area contributed by atoms with Crippen LogP contribution in [0.2, 0.25) is 0 Å². The highest BCUT2D eigenvalue weighted by molar-refractivity contribution is 7.89. The lowest BCUT2D eigenvalue weighted by molar-refractivity contribution is 0.598. The molecule has 1 rings (SSSR count). The second-order valence-electron chi connectivity index (χ2n) is 2.11.